The molecule has 0 saturated heterocycles. The van der Waals surface area contributed by atoms with Gasteiger partial charge in [-0.15, -0.1) is 0 Å². The molecule has 0 amide bonds. The van der Waals surface area contributed by atoms with Gasteiger partial charge >= 0.3 is 11.5 Å². The van der Waals surface area contributed by atoms with Crippen LogP contribution in [0.2, 0.25) is 0 Å². The van der Waals surface area contributed by atoms with Crippen molar-refractivity contribution in [3.63, 3.8) is 0 Å². The van der Waals surface area contributed by atoms with Crippen LogP contribution in [0.5, 0.6) is 0 Å². The Morgan fingerprint density at radius 1 is 0.487 bits per heavy atom. The van der Waals surface area contributed by atoms with Gasteiger partial charge in [0, 0.05) is 5.56 Å². The molecule has 0 N–H and O–H groups in total. The quantitative estimate of drug-likeness (QED) is 0.212. The van der Waals surface area contributed by atoms with Crippen LogP contribution >= 0.6 is 0 Å². The van der Waals surface area contributed by atoms with E-state index in [1.807, 2.05) is 6.07 Å². The number of hydrogen-bond donors (Lipinski definition) is 0. The van der Waals surface area contributed by atoms with Crippen LogP contribution in [0.3, 0.4) is 0 Å². The number of aryl methyl sites for hydroxylation is 2. The molecule has 4 aromatic rings. The molecule has 190 valence electrons. The molecular weight excluding hydrogens is 472 g/mol. The van der Waals surface area contributed by atoms with Crippen LogP contribution in [0.15, 0.2) is 126 Å². The monoisotopic (exact) mass is 505 g/mol. The zero-order chi connectivity index (χ0) is 26.9. The first-order chi connectivity index (χ1) is 19.0. The molecule has 0 spiro atoms. The van der Waals surface area contributed by atoms with Gasteiger partial charge in [-0.05, 0) is 83.0 Å². The third-order valence-electron chi connectivity index (χ3n) is 7.65. The maximum atomic E-state index is 6.82. The average molecular weight is 506 g/mol. The maximum Gasteiger partial charge on any atom is 0.369 e. The molecule has 1 nitrogen and oxygen atoms in total. The van der Waals surface area contributed by atoms with Gasteiger partial charge in [0.1, 0.15) is 0 Å². The Bertz CT molecular complexity index is 1710. The van der Waals surface area contributed by atoms with E-state index in [0.717, 1.165) is 33.8 Å². The van der Waals surface area contributed by atoms with E-state index >= 15 is 0 Å². The Kier molecular flexibility index (Phi) is 6.59. The van der Waals surface area contributed by atoms with Gasteiger partial charge in [0.2, 0.25) is 0 Å². The van der Waals surface area contributed by atoms with Crippen LogP contribution in [-0.2, 0) is 0 Å². The van der Waals surface area contributed by atoms with E-state index in [9.17, 15) is 0 Å². The number of benzene rings is 3. The average Bonchev–Trinajstić information content (AvgIpc) is 3.19. The minimum Gasteiger partial charge on any atom is -0.206 e. The molecule has 6 rings (SSSR count). The smallest absolute Gasteiger partial charge is 0.206 e. The summed E-state index contributed by atoms with van der Waals surface area (Å²) in [6.07, 6.45) is 0. The molecule has 0 saturated carbocycles. The lowest BCUT2D eigenvalue weighted by Gasteiger charge is -2.12. The number of fused-ring (bicyclic) bond motifs is 1. The van der Waals surface area contributed by atoms with Crippen molar-refractivity contribution in [2.24, 2.45) is 0 Å². The fourth-order valence-electron chi connectivity index (χ4n) is 5.57. The van der Waals surface area contributed by atoms with Crippen LogP contribution in [0.1, 0.15) is 36.5 Å². The topological polar surface area (TPSA) is 11.3 Å². The highest BCUT2D eigenvalue weighted by Crippen LogP contribution is 2.48. The predicted molar refractivity (Wildman–Crippen MR) is 165 cm³/mol. The van der Waals surface area contributed by atoms with E-state index in [-0.39, 0.29) is 0 Å². The first-order valence-corrected chi connectivity index (χ1v) is 13.7. The summed E-state index contributed by atoms with van der Waals surface area (Å²) in [5, 5.41) is 0. The van der Waals surface area contributed by atoms with Crippen LogP contribution in [0, 0.1) is 13.8 Å². The van der Waals surface area contributed by atoms with E-state index in [2.05, 4.69) is 143 Å². The third-order valence-corrected chi connectivity index (χ3v) is 7.65. The minimum atomic E-state index is 0.461. The van der Waals surface area contributed by atoms with Gasteiger partial charge < -0.3 is 0 Å². The van der Waals surface area contributed by atoms with Gasteiger partial charge in [0.25, 0.3) is 0 Å². The second kappa shape index (κ2) is 10.3. The van der Waals surface area contributed by atoms with Gasteiger partial charge in [0.15, 0.2) is 0 Å². The molecule has 0 fully saturated rings. The Labute approximate surface area is 231 Å². The molecule has 2 aliphatic carbocycles. The highest BCUT2D eigenvalue weighted by Gasteiger charge is 2.31. The van der Waals surface area contributed by atoms with Crippen molar-refractivity contribution < 1.29 is 4.42 Å². The molecule has 0 atom stereocenters. The van der Waals surface area contributed by atoms with Crippen LogP contribution < -0.4 is 0 Å². The van der Waals surface area contributed by atoms with Gasteiger partial charge in [-0.3, -0.25) is 0 Å². The fourth-order valence-corrected chi connectivity index (χ4v) is 5.57. The summed E-state index contributed by atoms with van der Waals surface area (Å²) in [6, 6.07) is 43.1. The number of rotatable bonds is 5. The van der Waals surface area contributed by atoms with E-state index in [1.165, 1.54) is 38.9 Å². The summed E-state index contributed by atoms with van der Waals surface area (Å²) in [5.74, 6) is 2.20. The summed E-state index contributed by atoms with van der Waals surface area (Å²) in [7, 11) is 0. The standard InChI is InChI=1S/C38H33O/c1-25(2)31-21-20-26(3)36-32(23-31)27(4)22-33(36)34-24-35(28-14-8-5-9-15-28)39-38(30-18-12-7-13-19-30)37(34)29-16-10-6-11-17-29/h5-25H,1-4H3/q+1. The molecule has 1 heteroatoms. The Morgan fingerprint density at radius 2 is 1.05 bits per heavy atom. The van der Waals surface area contributed by atoms with Crippen molar-refractivity contribution in [3.05, 3.63) is 138 Å². The van der Waals surface area contributed by atoms with Gasteiger partial charge in [-0.25, -0.2) is 4.42 Å². The second-order valence-electron chi connectivity index (χ2n) is 10.7. The Balaban J connectivity index is 1.74. The molecule has 1 aromatic heterocycles. The van der Waals surface area contributed by atoms with Crippen molar-refractivity contribution in [2.45, 2.75) is 33.6 Å². The largest absolute Gasteiger partial charge is 0.369 e. The number of hydrogen-bond acceptors (Lipinski definition) is 0. The molecule has 0 radical (unpaired) electrons. The summed E-state index contributed by atoms with van der Waals surface area (Å²) in [4.78, 5) is 0. The zero-order valence-corrected chi connectivity index (χ0v) is 23.0. The van der Waals surface area contributed by atoms with E-state index in [0.29, 0.717) is 5.92 Å². The van der Waals surface area contributed by atoms with Crippen molar-refractivity contribution in [1.82, 2.24) is 0 Å². The molecule has 0 aliphatic heterocycles. The Morgan fingerprint density at radius 3 is 1.67 bits per heavy atom. The van der Waals surface area contributed by atoms with Crippen molar-refractivity contribution in [1.29, 1.82) is 0 Å². The summed E-state index contributed by atoms with van der Waals surface area (Å²) in [5.41, 5.74) is 13.4. The van der Waals surface area contributed by atoms with E-state index < -0.39 is 0 Å². The van der Waals surface area contributed by atoms with Gasteiger partial charge in [-0.2, -0.15) is 0 Å². The highest BCUT2D eigenvalue weighted by atomic mass is 16.3. The molecule has 3 aromatic carbocycles. The highest BCUT2D eigenvalue weighted by molar-refractivity contribution is 6.00. The molecule has 39 heavy (non-hydrogen) atoms. The lowest BCUT2D eigenvalue weighted by molar-refractivity contribution is 0.584. The van der Waals surface area contributed by atoms with Crippen molar-refractivity contribution in [3.8, 4) is 56.0 Å². The summed E-state index contributed by atoms with van der Waals surface area (Å²) < 4.78 is 6.82. The van der Waals surface area contributed by atoms with E-state index in [4.69, 9.17) is 4.42 Å². The van der Waals surface area contributed by atoms with Crippen molar-refractivity contribution in [2.75, 3.05) is 0 Å². The summed E-state index contributed by atoms with van der Waals surface area (Å²) >= 11 is 0. The second-order valence-corrected chi connectivity index (χ2v) is 10.7. The molecule has 0 unspecified atom stereocenters. The first-order valence-electron chi connectivity index (χ1n) is 13.7. The third kappa shape index (κ3) is 4.66. The lowest BCUT2D eigenvalue weighted by Crippen LogP contribution is -1.93. The fraction of sp³-hybridized carbons (Fsp3) is 0.132. The van der Waals surface area contributed by atoms with Crippen LogP contribution in [0.4, 0.5) is 0 Å². The van der Waals surface area contributed by atoms with Crippen LogP contribution in [0.25, 0.3) is 56.0 Å². The SMILES string of the molecule is Cc1cc(-c2cc(-c3ccccc3)[o+]c(-c3ccccc3)c2-c2ccccc2)c2c(C)ccc(C(C)C)cc1-2. The van der Waals surface area contributed by atoms with Gasteiger partial charge in [0.05, 0.1) is 22.8 Å². The lowest BCUT2D eigenvalue weighted by atomic mass is 9.89. The predicted octanol–water partition coefficient (Wildman–Crippen LogP) is 11.1. The minimum absolute atomic E-state index is 0.461. The zero-order valence-electron chi connectivity index (χ0n) is 23.0. The Hall–Kier alpha value is -4.49. The molecule has 1 heterocycles. The molecule has 2 aliphatic rings. The normalized spacial score (nSPS) is 11.3. The van der Waals surface area contributed by atoms with Gasteiger partial charge in [-0.1, -0.05) is 105 Å². The maximum absolute atomic E-state index is 6.82. The van der Waals surface area contributed by atoms with E-state index in [1.54, 1.807) is 0 Å². The van der Waals surface area contributed by atoms with Crippen LogP contribution in [-0.4, -0.2) is 0 Å². The summed E-state index contributed by atoms with van der Waals surface area (Å²) in [6.45, 7) is 9.00. The van der Waals surface area contributed by atoms with Crippen molar-refractivity contribution >= 4 is 0 Å². The molecular formula is C38H33O+. The molecule has 0 bridgehead atoms. The first kappa shape index (κ1) is 24.8.